The summed E-state index contributed by atoms with van der Waals surface area (Å²) in [4.78, 5) is 8.44. The van der Waals surface area contributed by atoms with Crippen LogP contribution in [0.1, 0.15) is 0 Å². The first-order valence-corrected chi connectivity index (χ1v) is 0.632. The van der Waals surface area contributed by atoms with Crippen molar-refractivity contribution in [1.82, 2.24) is 0 Å². The van der Waals surface area contributed by atoms with Gasteiger partial charge in [0, 0.05) is 0 Å². The SMILES string of the molecule is O=C([O-])O.[Fe+2].[K+].[Mg+2].[O-2].[O-2]. The third kappa shape index (κ3) is 149. The van der Waals surface area contributed by atoms with Crippen molar-refractivity contribution in [1.29, 1.82) is 0 Å². The van der Waals surface area contributed by atoms with Crippen molar-refractivity contribution in [3.63, 3.8) is 0 Å². The summed E-state index contributed by atoms with van der Waals surface area (Å²) in [6.45, 7) is 0. The molecule has 46 valence electrons. The zero-order valence-electron chi connectivity index (χ0n) is 4.64. The van der Waals surface area contributed by atoms with E-state index >= 15 is 0 Å². The number of rotatable bonds is 0. The largest absolute Gasteiger partial charge is 2.00 e. The van der Waals surface area contributed by atoms with Gasteiger partial charge in [0.2, 0.25) is 6.16 Å². The number of hydrogen-bond acceptors (Lipinski definition) is 2. The zero-order valence-corrected chi connectivity index (χ0v) is 10.3. The summed E-state index contributed by atoms with van der Waals surface area (Å²) in [5.74, 6) is 0. The Hall–Kier alpha value is 2.11. The van der Waals surface area contributed by atoms with Crippen LogP contribution in [0.3, 0.4) is 0 Å². The summed E-state index contributed by atoms with van der Waals surface area (Å²) in [5.41, 5.74) is 0. The Kier molecular flexibility index (Phi) is 155. The summed E-state index contributed by atoms with van der Waals surface area (Å²) in [6, 6.07) is 0. The molecule has 0 saturated carbocycles. The second kappa shape index (κ2) is 32.1. The van der Waals surface area contributed by atoms with Crippen LogP contribution in [0, 0.1) is 0 Å². The van der Waals surface area contributed by atoms with Crippen molar-refractivity contribution < 1.29 is 94.4 Å². The van der Waals surface area contributed by atoms with E-state index in [0.717, 1.165) is 0 Å². The molecule has 0 aromatic rings. The van der Waals surface area contributed by atoms with Gasteiger partial charge in [0.1, 0.15) is 0 Å². The number of carbonyl (C=O) groups is 1. The van der Waals surface area contributed by atoms with Gasteiger partial charge in [-0.05, 0) is 0 Å². The molecule has 0 aliphatic heterocycles. The van der Waals surface area contributed by atoms with Gasteiger partial charge in [0.05, 0.1) is 0 Å². The van der Waals surface area contributed by atoms with Gasteiger partial charge in [-0.1, -0.05) is 0 Å². The fraction of sp³-hybridized carbons (Fsp3) is 0. The molecule has 0 amide bonds. The van der Waals surface area contributed by atoms with Crippen molar-refractivity contribution in [2.24, 2.45) is 0 Å². The van der Waals surface area contributed by atoms with E-state index in [1.807, 2.05) is 0 Å². The molecular formula is CHFeKMgO5. The van der Waals surface area contributed by atoms with Crippen LogP contribution in [0.15, 0.2) is 0 Å². The quantitative estimate of drug-likeness (QED) is 0.406. The maximum atomic E-state index is 8.44. The molecule has 1 N–H and O–H groups in total. The van der Waals surface area contributed by atoms with Crippen LogP contribution in [0.25, 0.3) is 0 Å². The molecule has 0 aliphatic carbocycles. The molecule has 0 bridgehead atoms. The summed E-state index contributed by atoms with van der Waals surface area (Å²) in [6.07, 6.45) is -2.08. The van der Waals surface area contributed by atoms with Crippen LogP contribution in [0.5, 0.6) is 0 Å². The first-order valence-electron chi connectivity index (χ1n) is 0.632. The summed E-state index contributed by atoms with van der Waals surface area (Å²) in [7, 11) is 0. The van der Waals surface area contributed by atoms with Gasteiger partial charge in [-0.2, -0.15) is 0 Å². The third-order valence-electron chi connectivity index (χ3n) is 0. The van der Waals surface area contributed by atoms with Gasteiger partial charge in [-0.25, -0.2) is 0 Å². The van der Waals surface area contributed by atoms with E-state index in [1.165, 1.54) is 0 Å². The molecule has 0 aromatic heterocycles. The Labute approximate surface area is 121 Å². The Morgan fingerprint density at radius 3 is 1.33 bits per heavy atom. The molecule has 0 saturated heterocycles. The molecule has 0 radical (unpaired) electrons. The van der Waals surface area contributed by atoms with Crippen LogP contribution in [0.4, 0.5) is 4.79 Å². The topological polar surface area (TPSA) is 117 Å². The normalized spacial score (nSPS) is 2.67. The van der Waals surface area contributed by atoms with Gasteiger partial charge in [0.25, 0.3) is 0 Å². The summed E-state index contributed by atoms with van der Waals surface area (Å²) < 4.78 is 0. The van der Waals surface area contributed by atoms with Crippen molar-refractivity contribution in [3.8, 4) is 0 Å². The first-order chi connectivity index (χ1) is 1.73. The average molecular weight is 212 g/mol. The van der Waals surface area contributed by atoms with E-state index in [-0.39, 0.29) is 102 Å². The van der Waals surface area contributed by atoms with Crippen LogP contribution in [0.2, 0.25) is 0 Å². The molecule has 0 heterocycles. The van der Waals surface area contributed by atoms with Gasteiger partial charge in [0.15, 0.2) is 0 Å². The van der Waals surface area contributed by atoms with Gasteiger partial charge < -0.3 is 26.0 Å². The van der Waals surface area contributed by atoms with Crippen LogP contribution >= 0.6 is 0 Å². The minimum absolute atomic E-state index is 0. The standard InChI is InChI=1S/CH2O3.Fe.K.Mg.2O/c2-1(3)4;;;;;/h(H2,2,3,4);;;;;/q;+2;+1;+2;2*-2/p-1. The summed E-state index contributed by atoms with van der Waals surface area (Å²) in [5, 5.41) is 15.3. The summed E-state index contributed by atoms with van der Waals surface area (Å²) >= 11 is 0. The molecule has 0 spiro atoms. The number of hydrogen-bond donors (Lipinski definition) is 1. The van der Waals surface area contributed by atoms with E-state index in [2.05, 4.69) is 0 Å². The molecule has 0 unspecified atom stereocenters. The van der Waals surface area contributed by atoms with E-state index in [9.17, 15) is 0 Å². The van der Waals surface area contributed by atoms with Crippen LogP contribution in [-0.2, 0) is 28.0 Å². The van der Waals surface area contributed by atoms with Gasteiger partial charge in [-0.3, -0.25) is 0 Å². The number of carboxylic acid groups (broad SMARTS) is 2. The maximum absolute atomic E-state index is 8.44. The zero-order chi connectivity index (χ0) is 3.58. The molecule has 9 heavy (non-hydrogen) atoms. The third-order valence-corrected chi connectivity index (χ3v) is 0. The molecule has 0 rings (SSSR count). The van der Waals surface area contributed by atoms with Crippen molar-refractivity contribution in [2.75, 3.05) is 0 Å². The Morgan fingerprint density at radius 2 is 1.33 bits per heavy atom. The van der Waals surface area contributed by atoms with E-state index in [4.69, 9.17) is 15.0 Å². The van der Waals surface area contributed by atoms with E-state index in [0.29, 0.717) is 0 Å². The minimum Gasteiger partial charge on any atom is -2.00 e. The van der Waals surface area contributed by atoms with Crippen molar-refractivity contribution in [2.45, 2.75) is 0 Å². The second-order valence-corrected chi connectivity index (χ2v) is 0.266. The molecule has 0 fully saturated rings. The second-order valence-electron chi connectivity index (χ2n) is 0.266. The Bertz CT molecular complexity index is 39.9. The fourth-order valence-corrected chi connectivity index (χ4v) is 0. The molecule has 0 aliphatic rings. The van der Waals surface area contributed by atoms with Crippen molar-refractivity contribution in [3.05, 3.63) is 0 Å². The van der Waals surface area contributed by atoms with Gasteiger partial charge >= 0.3 is 91.5 Å². The first kappa shape index (κ1) is 43.5. The van der Waals surface area contributed by atoms with Crippen LogP contribution in [-0.4, -0.2) is 34.3 Å². The van der Waals surface area contributed by atoms with E-state index < -0.39 is 6.16 Å². The predicted octanol–water partition coefficient (Wildman–Crippen LogP) is -4.73. The molecule has 0 aromatic carbocycles. The minimum atomic E-state index is -2.08. The Balaban J connectivity index is -0.00000000450. The fourth-order valence-electron chi connectivity index (χ4n) is 0. The smallest absolute Gasteiger partial charge is 2.00 e. The van der Waals surface area contributed by atoms with Crippen molar-refractivity contribution >= 4 is 29.2 Å². The molecular weight excluding hydrogens is 211 g/mol. The Morgan fingerprint density at radius 1 is 1.33 bits per heavy atom. The molecule has 0 atom stereocenters. The van der Waals surface area contributed by atoms with Crippen LogP contribution < -0.4 is 56.5 Å². The maximum Gasteiger partial charge on any atom is 2.00 e. The monoisotopic (exact) mass is 212 g/mol. The van der Waals surface area contributed by atoms with E-state index in [1.54, 1.807) is 0 Å². The molecule has 5 nitrogen and oxygen atoms in total. The average Bonchev–Trinajstić information content (AvgIpc) is 0.811. The molecule has 8 heteroatoms. The predicted molar refractivity (Wildman–Crippen MR) is 15.2 cm³/mol. The van der Waals surface area contributed by atoms with Gasteiger partial charge in [-0.15, -0.1) is 0 Å².